The fourth-order valence-corrected chi connectivity index (χ4v) is 2.69. The van der Waals surface area contributed by atoms with Gasteiger partial charge < -0.3 is 4.74 Å². The van der Waals surface area contributed by atoms with E-state index in [1.165, 1.54) is 13.2 Å². The molecule has 0 amide bonds. The molecular weight excluding hydrogens is 326 g/mol. The summed E-state index contributed by atoms with van der Waals surface area (Å²) in [4.78, 5) is 9.28. The first-order valence-electron chi connectivity index (χ1n) is 3.74. The summed E-state index contributed by atoms with van der Waals surface area (Å²) in [6.07, 6.45) is 0. The Bertz CT molecular complexity index is 544. The largest absolute Gasteiger partial charge is 0.490 e. The van der Waals surface area contributed by atoms with Crippen molar-refractivity contribution in [2.24, 2.45) is 0 Å². The van der Waals surface area contributed by atoms with Gasteiger partial charge in [0.2, 0.25) is 0 Å². The van der Waals surface area contributed by atoms with Crippen LogP contribution in [0.5, 0.6) is 5.75 Å². The van der Waals surface area contributed by atoms with Gasteiger partial charge in [0.15, 0.2) is 10.6 Å². The normalized spacial score (nSPS) is 11.2. The molecule has 0 atom stereocenters. The van der Waals surface area contributed by atoms with Gasteiger partial charge in [-0.15, -0.1) is 0 Å². The lowest BCUT2D eigenvalue weighted by molar-refractivity contribution is -0.388. The molecule has 0 heterocycles. The third kappa shape index (κ3) is 2.63. The molecule has 0 aliphatic heterocycles. The second-order valence-corrected chi connectivity index (χ2v) is 6.10. The van der Waals surface area contributed by atoms with E-state index in [0.29, 0.717) is 4.47 Å². The molecule has 0 bridgehead atoms. The van der Waals surface area contributed by atoms with E-state index in [9.17, 15) is 18.5 Å². The zero-order valence-corrected chi connectivity index (χ0v) is 11.0. The minimum absolute atomic E-state index is 0.182. The van der Waals surface area contributed by atoms with Crippen molar-refractivity contribution in [3.63, 3.8) is 0 Å². The molecule has 0 saturated heterocycles. The van der Waals surface area contributed by atoms with E-state index in [4.69, 9.17) is 15.4 Å². The number of methoxy groups -OCH3 is 1. The van der Waals surface area contributed by atoms with Crippen LogP contribution in [0.1, 0.15) is 0 Å². The maximum atomic E-state index is 11.2. The SMILES string of the molecule is COc1cc(Br)cc(S(=O)(=O)Cl)c1[N+](=O)[O-]. The number of ether oxygens (including phenoxy) is 1. The minimum Gasteiger partial charge on any atom is -0.490 e. The van der Waals surface area contributed by atoms with Crippen molar-refractivity contribution >= 4 is 41.4 Å². The topological polar surface area (TPSA) is 86.5 Å². The van der Waals surface area contributed by atoms with Crippen LogP contribution in [0.4, 0.5) is 5.69 Å². The zero-order valence-electron chi connectivity index (χ0n) is 7.81. The number of rotatable bonds is 3. The average Bonchev–Trinajstić information content (AvgIpc) is 2.14. The number of nitro groups is 1. The maximum Gasteiger partial charge on any atom is 0.330 e. The molecular formula is C7H5BrClNO5S. The number of benzene rings is 1. The van der Waals surface area contributed by atoms with Crippen LogP contribution in [0.25, 0.3) is 0 Å². The number of hydrogen-bond acceptors (Lipinski definition) is 5. The Morgan fingerprint density at radius 1 is 1.50 bits per heavy atom. The molecule has 1 rings (SSSR count). The van der Waals surface area contributed by atoms with Gasteiger partial charge >= 0.3 is 5.69 Å². The van der Waals surface area contributed by atoms with Gasteiger partial charge in [-0.25, -0.2) is 8.42 Å². The van der Waals surface area contributed by atoms with E-state index in [-0.39, 0.29) is 5.75 Å². The highest BCUT2D eigenvalue weighted by atomic mass is 79.9. The molecule has 1 aromatic rings. The number of hydrogen-bond donors (Lipinski definition) is 0. The highest BCUT2D eigenvalue weighted by Crippen LogP contribution is 2.38. The lowest BCUT2D eigenvalue weighted by Crippen LogP contribution is -2.01. The molecule has 16 heavy (non-hydrogen) atoms. The van der Waals surface area contributed by atoms with Crippen LogP contribution in [0.2, 0.25) is 0 Å². The Balaban J connectivity index is 3.71. The molecule has 0 radical (unpaired) electrons. The van der Waals surface area contributed by atoms with Crippen molar-refractivity contribution in [1.29, 1.82) is 0 Å². The average molecular weight is 331 g/mol. The summed E-state index contributed by atoms with van der Waals surface area (Å²) in [5, 5.41) is 10.7. The smallest absolute Gasteiger partial charge is 0.330 e. The molecule has 0 spiro atoms. The van der Waals surface area contributed by atoms with Gasteiger partial charge in [0, 0.05) is 21.2 Å². The van der Waals surface area contributed by atoms with Crippen molar-refractivity contribution in [1.82, 2.24) is 0 Å². The first kappa shape index (κ1) is 13.2. The summed E-state index contributed by atoms with van der Waals surface area (Å²) in [6.45, 7) is 0. The van der Waals surface area contributed by atoms with Gasteiger partial charge in [0.1, 0.15) is 0 Å². The van der Waals surface area contributed by atoms with Crippen molar-refractivity contribution in [2.75, 3.05) is 7.11 Å². The van der Waals surface area contributed by atoms with Gasteiger partial charge in [-0.3, -0.25) is 10.1 Å². The quantitative estimate of drug-likeness (QED) is 0.482. The summed E-state index contributed by atoms with van der Waals surface area (Å²) >= 11 is 3.00. The summed E-state index contributed by atoms with van der Waals surface area (Å²) in [7, 11) is 2.08. The van der Waals surface area contributed by atoms with Gasteiger partial charge in [-0.05, 0) is 6.07 Å². The van der Waals surface area contributed by atoms with E-state index in [1.807, 2.05) is 0 Å². The molecule has 9 heteroatoms. The van der Waals surface area contributed by atoms with E-state index < -0.39 is 24.6 Å². The molecule has 0 fully saturated rings. The van der Waals surface area contributed by atoms with Gasteiger partial charge in [-0.1, -0.05) is 15.9 Å². The number of halogens is 2. The number of nitrogens with zero attached hydrogens (tertiary/aromatic N) is 1. The Hall–Kier alpha value is -0.860. The first-order valence-corrected chi connectivity index (χ1v) is 6.84. The van der Waals surface area contributed by atoms with E-state index in [2.05, 4.69) is 15.9 Å². The van der Waals surface area contributed by atoms with Crippen LogP contribution in [0.3, 0.4) is 0 Å². The van der Waals surface area contributed by atoms with Gasteiger partial charge in [0.05, 0.1) is 12.0 Å². The molecule has 0 aromatic heterocycles. The second kappa shape index (κ2) is 4.56. The molecule has 0 aliphatic carbocycles. The molecule has 1 aromatic carbocycles. The van der Waals surface area contributed by atoms with E-state index >= 15 is 0 Å². The van der Waals surface area contributed by atoms with Crippen molar-refractivity contribution in [2.45, 2.75) is 4.90 Å². The Morgan fingerprint density at radius 3 is 2.44 bits per heavy atom. The first-order chi connectivity index (χ1) is 7.27. The van der Waals surface area contributed by atoms with Crippen LogP contribution in [-0.2, 0) is 9.05 Å². The van der Waals surface area contributed by atoms with Gasteiger partial charge in [-0.2, -0.15) is 0 Å². The van der Waals surface area contributed by atoms with Crippen LogP contribution < -0.4 is 4.74 Å². The van der Waals surface area contributed by atoms with Crippen molar-refractivity contribution < 1.29 is 18.1 Å². The van der Waals surface area contributed by atoms with Crippen LogP contribution in [-0.4, -0.2) is 20.5 Å². The zero-order chi connectivity index (χ0) is 12.5. The second-order valence-electron chi connectivity index (χ2n) is 2.65. The number of nitro benzene ring substituents is 1. The predicted octanol–water partition coefficient (Wildman–Crippen LogP) is 2.29. The van der Waals surface area contributed by atoms with E-state index in [0.717, 1.165) is 6.07 Å². The Labute approximate surface area is 104 Å². The lowest BCUT2D eigenvalue weighted by atomic mass is 10.3. The standard InChI is InChI=1S/C7H5BrClNO5S/c1-15-5-2-4(8)3-6(16(9,13)14)7(5)10(11)12/h2-3H,1H3. The van der Waals surface area contributed by atoms with Crippen LogP contribution >= 0.6 is 26.6 Å². The van der Waals surface area contributed by atoms with Crippen LogP contribution in [0.15, 0.2) is 21.5 Å². The minimum atomic E-state index is -4.21. The molecule has 0 aliphatic rings. The predicted molar refractivity (Wildman–Crippen MR) is 60.4 cm³/mol. The highest BCUT2D eigenvalue weighted by molar-refractivity contribution is 9.10. The molecule has 88 valence electrons. The van der Waals surface area contributed by atoms with E-state index in [1.54, 1.807) is 0 Å². The third-order valence-electron chi connectivity index (χ3n) is 1.67. The fourth-order valence-electron chi connectivity index (χ4n) is 1.07. The fraction of sp³-hybridized carbons (Fsp3) is 0.143. The van der Waals surface area contributed by atoms with Crippen LogP contribution in [0, 0.1) is 10.1 Å². The third-order valence-corrected chi connectivity index (χ3v) is 3.46. The van der Waals surface area contributed by atoms with Crippen molar-refractivity contribution in [3.05, 3.63) is 26.7 Å². The monoisotopic (exact) mass is 329 g/mol. The molecule has 0 saturated carbocycles. The van der Waals surface area contributed by atoms with Crippen molar-refractivity contribution in [3.8, 4) is 5.75 Å². The summed E-state index contributed by atoms with van der Waals surface area (Å²) in [5.74, 6) is -0.182. The Kier molecular flexibility index (Phi) is 3.76. The Morgan fingerprint density at radius 2 is 2.06 bits per heavy atom. The van der Waals surface area contributed by atoms with Gasteiger partial charge in [0.25, 0.3) is 9.05 Å². The summed E-state index contributed by atoms with van der Waals surface area (Å²) < 4.78 is 27.4. The summed E-state index contributed by atoms with van der Waals surface area (Å²) in [5.41, 5.74) is -0.680. The summed E-state index contributed by atoms with van der Waals surface area (Å²) in [6, 6.07) is 2.33. The molecule has 0 N–H and O–H groups in total. The molecule has 6 nitrogen and oxygen atoms in total. The lowest BCUT2D eigenvalue weighted by Gasteiger charge is -2.05. The highest BCUT2D eigenvalue weighted by Gasteiger charge is 2.29. The molecule has 0 unspecified atom stereocenters. The maximum absolute atomic E-state index is 11.2.